The lowest BCUT2D eigenvalue weighted by Crippen LogP contribution is -2.49. The minimum atomic E-state index is -0.0461. The van der Waals surface area contributed by atoms with Crippen LogP contribution in [0, 0.1) is 5.92 Å². The largest absolute Gasteiger partial charge is 0.381 e. The molecule has 2 atom stereocenters. The monoisotopic (exact) mass is 311 g/mol. The summed E-state index contributed by atoms with van der Waals surface area (Å²) in [4.78, 5) is 21.1. The number of morpholine rings is 1. The lowest BCUT2D eigenvalue weighted by molar-refractivity contribution is -0.123. The molecule has 2 aliphatic heterocycles. The molecule has 0 unspecified atom stereocenters. The van der Waals surface area contributed by atoms with Crippen molar-refractivity contribution in [3.05, 3.63) is 11.6 Å². The van der Waals surface area contributed by atoms with Crippen LogP contribution in [0.1, 0.15) is 6.42 Å². The van der Waals surface area contributed by atoms with E-state index in [0.717, 1.165) is 24.6 Å². The number of anilines is 1. The molecule has 21 heavy (non-hydrogen) atoms. The van der Waals surface area contributed by atoms with Crippen LogP contribution in [0.25, 0.3) is 0 Å². The van der Waals surface area contributed by atoms with Crippen molar-refractivity contribution in [1.82, 2.24) is 9.88 Å². The molecule has 2 saturated heterocycles. The highest BCUT2D eigenvalue weighted by Crippen LogP contribution is 2.24. The molecule has 1 aromatic heterocycles. The molecule has 1 amide bonds. The lowest BCUT2D eigenvalue weighted by Gasteiger charge is -2.33. The van der Waals surface area contributed by atoms with Crippen molar-refractivity contribution in [2.24, 2.45) is 5.92 Å². The highest BCUT2D eigenvalue weighted by atomic mass is 32.1. The van der Waals surface area contributed by atoms with Gasteiger partial charge in [-0.15, -0.1) is 11.3 Å². The normalized spacial score (nSPS) is 26.9. The SMILES string of the molecule is CN1CCO[C@H](CN(C(=O)[C@@H]2CCOC2)c2nccs2)C1. The third-order valence-electron chi connectivity index (χ3n) is 3.92. The molecule has 0 aromatic carbocycles. The Kier molecular flexibility index (Phi) is 4.84. The quantitative estimate of drug-likeness (QED) is 0.825. The minimum Gasteiger partial charge on any atom is -0.381 e. The molecule has 1 aromatic rings. The fourth-order valence-electron chi connectivity index (χ4n) is 2.74. The van der Waals surface area contributed by atoms with Gasteiger partial charge in [-0.2, -0.15) is 0 Å². The first kappa shape index (κ1) is 14.9. The van der Waals surface area contributed by atoms with Crippen LogP contribution in [0.3, 0.4) is 0 Å². The lowest BCUT2D eigenvalue weighted by atomic mass is 10.1. The third-order valence-corrected chi connectivity index (χ3v) is 4.72. The second kappa shape index (κ2) is 6.83. The van der Waals surface area contributed by atoms with Crippen molar-refractivity contribution in [3.8, 4) is 0 Å². The summed E-state index contributed by atoms with van der Waals surface area (Å²) in [5, 5.41) is 2.65. The van der Waals surface area contributed by atoms with Crippen molar-refractivity contribution in [1.29, 1.82) is 0 Å². The zero-order valence-corrected chi connectivity index (χ0v) is 13.1. The maximum absolute atomic E-state index is 12.7. The molecule has 2 aliphatic rings. The molecule has 0 aliphatic carbocycles. The van der Waals surface area contributed by atoms with Crippen LogP contribution < -0.4 is 4.90 Å². The number of carbonyl (C=O) groups excluding carboxylic acids is 1. The van der Waals surface area contributed by atoms with Gasteiger partial charge in [0.2, 0.25) is 5.91 Å². The van der Waals surface area contributed by atoms with Gasteiger partial charge in [0.15, 0.2) is 5.13 Å². The summed E-state index contributed by atoms with van der Waals surface area (Å²) in [6.45, 7) is 4.26. The Morgan fingerprint density at radius 2 is 2.48 bits per heavy atom. The highest BCUT2D eigenvalue weighted by molar-refractivity contribution is 7.13. The van der Waals surface area contributed by atoms with E-state index in [4.69, 9.17) is 9.47 Å². The molecule has 116 valence electrons. The highest BCUT2D eigenvalue weighted by Gasteiger charge is 2.32. The van der Waals surface area contributed by atoms with Crippen LogP contribution in [0.5, 0.6) is 0 Å². The molecule has 2 fully saturated rings. The zero-order valence-electron chi connectivity index (χ0n) is 12.2. The average Bonchev–Trinajstić information content (AvgIpc) is 3.17. The van der Waals surface area contributed by atoms with Gasteiger partial charge in [0, 0.05) is 31.3 Å². The van der Waals surface area contributed by atoms with E-state index in [1.165, 1.54) is 11.3 Å². The number of aromatic nitrogens is 1. The fraction of sp³-hybridized carbons (Fsp3) is 0.714. The van der Waals surface area contributed by atoms with Crippen molar-refractivity contribution in [3.63, 3.8) is 0 Å². The van der Waals surface area contributed by atoms with Crippen LogP contribution in [-0.2, 0) is 14.3 Å². The van der Waals surface area contributed by atoms with Gasteiger partial charge >= 0.3 is 0 Å². The Morgan fingerprint density at radius 1 is 1.57 bits per heavy atom. The number of hydrogen-bond acceptors (Lipinski definition) is 6. The van der Waals surface area contributed by atoms with E-state index >= 15 is 0 Å². The summed E-state index contributed by atoms with van der Waals surface area (Å²) in [6, 6.07) is 0. The van der Waals surface area contributed by atoms with Crippen LogP contribution in [0.2, 0.25) is 0 Å². The van der Waals surface area contributed by atoms with Crippen molar-refractivity contribution in [2.75, 3.05) is 51.4 Å². The molecular weight excluding hydrogens is 290 g/mol. The summed E-state index contributed by atoms with van der Waals surface area (Å²) in [5.74, 6) is 0.0643. The summed E-state index contributed by atoms with van der Waals surface area (Å²) < 4.78 is 11.1. The Bertz CT molecular complexity index is 462. The third kappa shape index (κ3) is 3.60. The van der Waals surface area contributed by atoms with Crippen molar-refractivity contribution < 1.29 is 14.3 Å². The average molecular weight is 311 g/mol. The number of nitrogens with zero attached hydrogens (tertiary/aromatic N) is 3. The summed E-state index contributed by atoms with van der Waals surface area (Å²) in [7, 11) is 2.08. The topological polar surface area (TPSA) is 54.9 Å². The molecule has 3 rings (SSSR count). The maximum Gasteiger partial charge on any atom is 0.234 e. The zero-order chi connectivity index (χ0) is 14.7. The Labute approximate surface area is 128 Å². The van der Waals surface area contributed by atoms with Crippen LogP contribution in [0.4, 0.5) is 5.13 Å². The number of carbonyl (C=O) groups is 1. The van der Waals surface area contributed by atoms with Crippen molar-refractivity contribution >= 4 is 22.4 Å². The smallest absolute Gasteiger partial charge is 0.234 e. The van der Waals surface area contributed by atoms with Gasteiger partial charge in [-0.05, 0) is 13.5 Å². The van der Waals surface area contributed by atoms with Gasteiger partial charge in [-0.1, -0.05) is 0 Å². The van der Waals surface area contributed by atoms with E-state index in [9.17, 15) is 4.79 Å². The number of rotatable bonds is 4. The predicted octanol–water partition coefficient (Wildman–Crippen LogP) is 0.843. The van der Waals surface area contributed by atoms with Crippen molar-refractivity contribution in [2.45, 2.75) is 12.5 Å². The Balaban J connectivity index is 1.71. The second-order valence-electron chi connectivity index (χ2n) is 5.58. The summed E-state index contributed by atoms with van der Waals surface area (Å²) >= 11 is 1.49. The first-order valence-corrected chi connectivity index (χ1v) is 8.21. The van der Waals surface area contributed by atoms with E-state index in [0.29, 0.717) is 26.4 Å². The fourth-order valence-corrected chi connectivity index (χ4v) is 3.40. The van der Waals surface area contributed by atoms with E-state index in [2.05, 4.69) is 16.9 Å². The number of ether oxygens (including phenoxy) is 2. The number of amides is 1. The standard InChI is InChI=1S/C14H21N3O3S/c1-16-4-6-20-12(8-16)9-17(14-15-3-7-21-14)13(18)11-2-5-19-10-11/h3,7,11-12H,2,4-6,8-10H2,1H3/t11-,12+/m1/s1. The van der Waals surface area contributed by atoms with Gasteiger partial charge in [-0.25, -0.2) is 4.98 Å². The van der Waals surface area contributed by atoms with E-state index in [1.54, 1.807) is 11.1 Å². The van der Waals surface area contributed by atoms with Crippen LogP contribution in [-0.4, -0.2) is 68.4 Å². The molecule has 0 bridgehead atoms. The molecule has 0 spiro atoms. The molecule has 0 N–H and O–H groups in total. The Morgan fingerprint density at radius 3 is 3.14 bits per heavy atom. The van der Waals surface area contributed by atoms with Gasteiger partial charge in [-0.3, -0.25) is 9.69 Å². The molecule has 0 radical (unpaired) electrons. The van der Waals surface area contributed by atoms with E-state index < -0.39 is 0 Å². The van der Waals surface area contributed by atoms with E-state index in [-0.39, 0.29) is 17.9 Å². The summed E-state index contributed by atoms with van der Waals surface area (Å²) in [5.41, 5.74) is 0. The van der Waals surface area contributed by atoms with Gasteiger partial charge in [0.1, 0.15) is 0 Å². The van der Waals surface area contributed by atoms with Gasteiger partial charge in [0.25, 0.3) is 0 Å². The minimum absolute atomic E-state index is 0.0407. The number of thiazole rings is 1. The van der Waals surface area contributed by atoms with E-state index in [1.807, 2.05) is 5.38 Å². The molecule has 3 heterocycles. The molecule has 7 heteroatoms. The molecule has 0 saturated carbocycles. The van der Waals surface area contributed by atoms with Crippen LogP contribution >= 0.6 is 11.3 Å². The van der Waals surface area contributed by atoms with Gasteiger partial charge < -0.3 is 14.4 Å². The first-order chi connectivity index (χ1) is 10.2. The second-order valence-corrected chi connectivity index (χ2v) is 6.45. The number of likely N-dealkylation sites (N-methyl/N-ethyl adjacent to an activating group) is 1. The molecule has 6 nitrogen and oxygen atoms in total. The van der Waals surface area contributed by atoms with Crippen LogP contribution in [0.15, 0.2) is 11.6 Å². The molecular formula is C14H21N3O3S. The number of hydrogen-bond donors (Lipinski definition) is 0. The predicted molar refractivity (Wildman–Crippen MR) is 80.6 cm³/mol. The summed E-state index contributed by atoms with van der Waals surface area (Å²) in [6.07, 6.45) is 2.57. The maximum atomic E-state index is 12.7. The van der Waals surface area contributed by atoms with Gasteiger partial charge in [0.05, 0.1) is 31.8 Å². The first-order valence-electron chi connectivity index (χ1n) is 7.33. The Hall–Kier alpha value is -1.02.